The number of benzene rings is 2. The molecule has 0 radical (unpaired) electrons. The van der Waals surface area contributed by atoms with Gasteiger partial charge in [0, 0.05) is 40.8 Å². The number of amides is 1. The molecule has 6 nitrogen and oxygen atoms in total. The average Bonchev–Trinajstić information content (AvgIpc) is 2.74. The minimum Gasteiger partial charge on any atom is -0.489 e. The van der Waals surface area contributed by atoms with E-state index in [1.54, 1.807) is 42.5 Å². The largest absolute Gasteiger partial charge is 0.489 e. The van der Waals surface area contributed by atoms with Crippen LogP contribution in [0.25, 0.3) is 0 Å². The molecule has 1 aliphatic heterocycles. The Kier molecular flexibility index (Phi) is 8.00. The van der Waals surface area contributed by atoms with Crippen molar-refractivity contribution in [3.63, 3.8) is 0 Å². The lowest BCUT2D eigenvalue weighted by molar-refractivity contribution is -0.120. The Morgan fingerprint density at radius 1 is 1.19 bits per heavy atom. The van der Waals surface area contributed by atoms with E-state index in [1.165, 1.54) is 10.4 Å². The van der Waals surface area contributed by atoms with E-state index in [1.807, 2.05) is 0 Å². The summed E-state index contributed by atoms with van der Waals surface area (Å²) in [4.78, 5) is 12.7. The number of piperidine rings is 1. The van der Waals surface area contributed by atoms with Crippen molar-refractivity contribution in [2.45, 2.75) is 18.6 Å². The summed E-state index contributed by atoms with van der Waals surface area (Å²) < 4.78 is 32.5. The SMILES string of the molecule is C=CCOc1cccc(NC(=O)C2CCN(S(=O)(=O)Cc3ccc(Cl)cc3Cl)CC2)c1. The normalized spacial score (nSPS) is 15.4. The van der Waals surface area contributed by atoms with E-state index >= 15 is 0 Å². The first-order valence-corrected chi connectivity index (χ1v) is 12.2. The van der Waals surface area contributed by atoms with Gasteiger partial charge in [0.05, 0.1) is 5.75 Å². The fraction of sp³-hybridized carbons (Fsp3) is 0.318. The molecule has 3 rings (SSSR count). The molecule has 0 aromatic heterocycles. The quantitative estimate of drug-likeness (QED) is 0.551. The molecule has 0 aliphatic carbocycles. The van der Waals surface area contributed by atoms with Crippen molar-refractivity contribution in [1.29, 1.82) is 0 Å². The molecule has 1 aliphatic rings. The second-order valence-corrected chi connectivity index (χ2v) is 10.1. The third-order valence-corrected chi connectivity index (χ3v) is 7.46. The highest BCUT2D eigenvalue weighted by Gasteiger charge is 2.31. The van der Waals surface area contributed by atoms with E-state index in [4.69, 9.17) is 27.9 Å². The number of nitrogens with zero attached hydrogens (tertiary/aromatic N) is 1. The molecule has 1 saturated heterocycles. The van der Waals surface area contributed by atoms with Crippen LogP contribution in [0.2, 0.25) is 10.0 Å². The zero-order chi connectivity index (χ0) is 22.4. The van der Waals surface area contributed by atoms with Gasteiger partial charge in [-0.25, -0.2) is 12.7 Å². The van der Waals surface area contributed by atoms with Crippen molar-refractivity contribution in [2.75, 3.05) is 25.0 Å². The lowest BCUT2D eigenvalue weighted by Crippen LogP contribution is -2.41. The summed E-state index contributed by atoms with van der Waals surface area (Å²) in [6.07, 6.45) is 2.55. The molecule has 0 spiro atoms. The molecule has 31 heavy (non-hydrogen) atoms. The van der Waals surface area contributed by atoms with Gasteiger partial charge in [0.15, 0.2) is 0 Å². The number of anilines is 1. The van der Waals surface area contributed by atoms with Crippen LogP contribution >= 0.6 is 23.2 Å². The molecule has 1 heterocycles. The number of carbonyl (C=O) groups is 1. The topological polar surface area (TPSA) is 75.7 Å². The molecular weight excluding hydrogens is 459 g/mol. The van der Waals surface area contributed by atoms with E-state index < -0.39 is 10.0 Å². The highest BCUT2D eigenvalue weighted by molar-refractivity contribution is 7.88. The highest BCUT2D eigenvalue weighted by Crippen LogP contribution is 2.27. The molecule has 166 valence electrons. The molecule has 1 fully saturated rings. The molecular formula is C22H24Cl2N2O4S. The van der Waals surface area contributed by atoms with Crippen molar-refractivity contribution in [2.24, 2.45) is 5.92 Å². The Bertz CT molecular complexity index is 1050. The first-order chi connectivity index (χ1) is 14.8. The zero-order valence-electron chi connectivity index (χ0n) is 16.9. The highest BCUT2D eigenvalue weighted by atomic mass is 35.5. The van der Waals surface area contributed by atoms with Crippen molar-refractivity contribution < 1.29 is 17.9 Å². The number of nitrogens with one attached hydrogen (secondary N) is 1. The minimum absolute atomic E-state index is 0.126. The monoisotopic (exact) mass is 482 g/mol. The molecule has 2 aromatic rings. The summed E-state index contributed by atoms with van der Waals surface area (Å²) in [5.74, 6) is 0.0543. The molecule has 0 bridgehead atoms. The Hall–Kier alpha value is -2.06. The molecule has 1 N–H and O–H groups in total. The molecule has 1 amide bonds. The lowest BCUT2D eigenvalue weighted by Gasteiger charge is -2.30. The maximum atomic E-state index is 12.8. The second-order valence-electron chi connectivity index (χ2n) is 7.28. The van der Waals surface area contributed by atoms with Crippen molar-refractivity contribution in [3.8, 4) is 5.75 Å². The van der Waals surface area contributed by atoms with Crippen LogP contribution in [0.4, 0.5) is 5.69 Å². The number of sulfonamides is 1. The van der Waals surface area contributed by atoms with E-state index in [0.29, 0.717) is 46.5 Å². The van der Waals surface area contributed by atoms with E-state index in [9.17, 15) is 13.2 Å². The Labute approximate surface area is 192 Å². The van der Waals surface area contributed by atoms with Gasteiger partial charge < -0.3 is 10.1 Å². The standard InChI is InChI=1S/C22H24Cl2N2O4S/c1-2-12-30-20-5-3-4-19(14-20)25-22(27)16-8-10-26(11-9-16)31(28,29)15-17-6-7-18(23)13-21(17)24/h2-7,13-14,16H,1,8-12,15H2,(H,25,27). The first kappa shape index (κ1) is 23.6. The third-order valence-electron chi connectivity index (χ3n) is 5.04. The molecule has 2 aromatic carbocycles. The Morgan fingerprint density at radius 2 is 1.94 bits per heavy atom. The summed E-state index contributed by atoms with van der Waals surface area (Å²) in [5.41, 5.74) is 1.14. The molecule has 0 saturated carbocycles. The first-order valence-electron chi connectivity index (χ1n) is 9.85. The van der Waals surface area contributed by atoms with Crippen molar-refractivity contribution in [3.05, 3.63) is 70.7 Å². The van der Waals surface area contributed by atoms with Gasteiger partial charge in [-0.05, 0) is 42.7 Å². The van der Waals surface area contributed by atoms with Crippen molar-refractivity contribution >= 4 is 44.8 Å². The Morgan fingerprint density at radius 3 is 2.61 bits per heavy atom. The summed E-state index contributed by atoms with van der Waals surface area (Å²) in [6.45, 7) is 4.56. The third kappa shape index (κ3) is 6.46. The smallest absolute Gasteiger partial charge is 0.227 e. The average molecular weight is 483 g/mol. The number of carbonyl (C=O) groups excluding carboxylic acids is 1. The summed E-state index contributed by atoms with van der Waals surface area (Å²) in [6, 6.07) is 11.9. The van der Waals surface area contributed by atoms with Crippen LogP contribution in [-0.4, -0.2) is 38.3 Å². The van der Waals surface area contributed by atoms with Gasteiger partial charge in [-0.2, -0.15) is 0 Å². The van der Waals surface area contributed by atoms with Gasteiger partial charge in [0.25, 0.3) is 0 Å². The fourth-order valence-electron chi connectivity index (χ4n) is 3.39. The molecule has 9 heteroatoms. The van der Waals surface area contributed by atoms with Gasteiger partial charge in [-0.15, -0.1) is 0 Å². The maximum absolute atomic E-state index is 12.8. The van der Waals surface area contributed by atoms with Crippen LogP contribution in [0.1, 0.15) is 18.4 Å². The fourth-order valence-corrected chi connectivity index (χ4v) is 5.53. The maximum Gasteiger partial charge on any atom is 0.227 e. The zero-order valence-corrected chi connectivity index (χ0v) is 19.2. The van der Waals surface area contributed by atoms with Crippen LogP contribution < -0.4 is 10.1 Å². The summed E-state index contributed by atoms with van der Waals surface area (Å²) in [5, 5.41) is 3.67. The predicted molar refractivity (Wildman–Crippen MR) is 124 cm³/mol. The van der Waals surface area contributed by atoms with E-state index in [2.05, 4.69) is 11.9 Å². The van der Waals surface area contributed by atoms with Gasteiger partial charge in [-0.1, -0.05) is 48.0 Å². The molecule has 0 atom stereocenters. The second kappa shape index (κ2) is 10.5. The number of hydrogen-bond acceptors (Lipinski definition) is 4. The van der Waals surface area contributed by atoms with Crippen molar-refractivity contribution in [1.82, 2.24) is 4.31 Å². The van der Waals surface area contributed by atoms with Crippen LogP contribution in [0.3, 0.4) is 0 Å². The molecule has 0 unspecified atom stereocenters. The van der Waals surface area contributed by atoms with Crippen LogP contribution in [0, 0.1) is 5.92 Å². The van der Waals surface area contributed by atoms with Crippen LogP contribution in [0.15, 0.2) is 55.1 Å². The Balaban J connectivity index is 1.56. The van der Waals surface area contributed by atoms with Crippen LogP contribution in [0.5, 0.6) is 5.75 Å². The lowest BCUT2D eigenvalue weighted by atomic mass is 9.97. The van der Waals surface area contributed by atoms with E-state index in [0.717, 1.165) is 0 Å². The van der Waals surface area contributed by atoms with Crippen LogP contribution in [-0.2, 0) is 20.6 Å². The van der Waals surface area contributed by atoms with Gasteiger partial charge >= 0.3 is 0 Å². The number of halogens is 2. The number of rotatable bonds is 8. The van der Waals surface area contributed by atoms with Gasteiger partial charge in [0.2, 0.25) is 15.9 Å². The van der Waals surface area contributed by atoms with Gasteiger partial charge in [-0.3, -0.25) is 4.79 Å². The van der Waals surface area contributed by atoms with E-state index in [-0.39, 0.29) is 30.7 Å². The minimum atomic E-state index is -3.54. The number of ether oxygens (including phenoxy) is 1. The number of hydrogen-bond donors (Lipinski definition) is 1. The summed E-state index contributed by atoms with van der Waals surface area (Å²) in [7, 11) is -3.54. The predicted octanol–water partition coefficient (Wildman–Crippen LogP) is 4.74. The summed E-state index contributed by atoms with van der Waals surface area (Å²) >= 11 is 12.0. The van der Waals surface area contributed by atoms with Gasteiger partial charge in [0.1, 0.15) is 12.4 Å².